The van der Waals surface area contributed by atoms with Crippen molar-refractivity contribution in [1.82, 2.24) is 9.80 Å². The summed E-state index contributed by atoms with van der Waals surface area (Å²) in [6, 6.07) is 0.656. The molecular formula is C35H62BrN4O4+. The van der Waals surface area contributed by atoms with Crippen LogP contribution in [0.3, 0.4) is 0 Å². The van der Waals surface area contributed by atoms with Crippen LogP contribution in [0.1, 0.15) is 72.6 Å². The van der Waals surface area contributed by atoms with Gasteiger partial charge in [0, 0.05) is 57.5 Å². The zero-order valence-electron chi connectivity index (χ0n) is 29.0. The Labute approximate surface area is 278 Å². The Morgan fingerprint density at radius 1 is 0.705 bits per heavy atom. The third kappa shape index (κ3) is 6.27. The first-order valence-corrected chi connectivity index (χ1v) is 17.6. The van der Waals surface area contributed by atoms with E-state index in [1.54, 1.807) is 13.8 Å². The Morgan fingerprint density at radius 2 is 1.25 bits per heavy atom. The first kappa shape index (κ1) is 34.6. The summed E-state index contributed by atoms with van der Waals surface area (Å²) in [4.78, 5) is 30.2. The Kier molecular flexibility index (Phi) is 9.73. The molecule has 6 fully saturated rings. The highest BCUT2D eigenvalue weighted by Crippen LogP contribution is 2.67. The highest BCUT2D eigenvalue weighted by molar-refractivity contribution is 5.66. The third-order valence-electron chi connectivity index (χ3n) is 14.1. The molecule has 0 bridgehead atoms. The highest BCUT2D eigenvalue weighted by atomic mass is 79.9. The van der Waals surface area contributed by atoms with Gasteiger partial charge in [-0.05, 0) is 74.0 Å². The van der Waals surface area contributed by atoms with Crippen molar-refractivity contribution in [2.75, 3.05) is 80.5 Å². The van der Waals surface area contributed by atoms with Crippen LogP contribution in [0.2, 0.25) is 0 Å². The standard InChI is InChI=1S/C35H62N4O4.BrH/c1-24(40)42-32-21-26-9-10-27-28(35(26,4)23-31(32)37-15-19-39(7,8)20-16-37)11-12-34(3)29(27)22-30(33(34)43-25(2)41)36-13-17-38(5,6)18-14-36;/h26-33H,9-23H2,1-8H3;1H/q+2;/p-1. The van der Waals surface area contributed by atoms with Gasteiger partial charge in [-0.1, -0.05) is 13.8 Å². The third-order valence-corrected chi connectivity index (χ3v) is 14.1. The van der Waals surface area contributed by atoms with E-state index in [9.17, 15) is 9.59 Å². The number of ether oxygens (including phenoxy) is 2. The largest absolute Gasteiger partial charge is 1.00 e. The Morgan fingerprint density at radius 3 is 1.80 bits per heavy atom. The molecular weight excluding hydrogens is 620 g/mol. The quantitative estimate of drug-likeness (QED) is 0.321. The van der Waals surface area contributed by atoms with E-state index in [1.807, 2.05) is 0 Å². The van der Waals surface area contributed by atoms with Gasteiger partial charge in [-0.2, -0.15) is 0 Å². The molecule has 2 aliphatic heterocycles. The number of esters is 2. The molecule has 252 valence electrons. The van der Waals surface area contributed by atoms with Crippen molar-refractivity contribution in [1.29, 1.82) is 0 Å². The minimum Gasteiger partial charge on any atom is -1.00 e. The fourth-order valence-electron chi connectivity index (χ4n) is 11.4. The molecule has 0 radical (unpaired) electrons. The molecule has 9 heteroatoms. The van der Waals surface area contributed by atoms with Crippen LogP contribution in [0.25, 0.3) is 0 Å². The highest BCUT2D eigenvalue weighted by Gasteiger charge is 2.65. The minimum atomic E-state index is -0.123. The molecule has 0 amide bonds. The number of fused-ring (bicyclic) bond motifs is 5. The Balaban J connectivity index is 0.00000384. The van der Waals surface area contributed by atoms with Crippen molar-refractivity contribution in [2.45, 2.75) is 96.9 Å². The zero-order chi connectivity index (χ0) is 30.9. The van der Waals surface area contributed by atoms with E-state index < -0.39 is 0 Å². The smallest absolute Gasteiger partial charge is 0.302 e. The summed E-state index contributed by atoms with van der Waals surface area (Å²) in [7, 11) is 9.36. The monoisotopic (exact) mass is 681 g/mol. The predicted octanol–water partition coefficient (Wildman–Crippen LogP) is 0.638. The number of rotatable bonds is 4. The van der Waals surface area contributed by atoms with E-state index in [2.05, 4.69) is 51.8 Å². The second kappa shape index (κ2) is 12.4. The number of carbonyl (C=O) groups excluding carboxylic acids is 2. The van der Waals surface area contributed by atoms with Gasteiger partial charge in [-0.15, -0.1) is 0 Å². The van der Waals surface area contributed by atoms with Crippen molar-refractivity contribution >= 4 is 11.9 Å². The fraction of sp³-hybridized carbons (Fsp3) is 0.943. The molecule has 10 atom stereocenters. The first-order chi connectivity index (χ1) is 20.1. The molecule has 0 aromatic rings. The average Bonchev–Trinajstić information content (AvgIpc) is 3.20. The van der Waals surface area contributed by atoms with Crippen LogP contribution in [0, 0.1) is 34.5 Å². The summed E-state index contributed by atoms with van der Waals surface area (Å²) in [6.07, 6.45) is 8.22. The number of hydrogen-bond donors (Lipinski definition) is 0. The van der Waals surface area contributed by atoms with Crippen LogP contribution in [0.15, 0.2) is 0 Å². The van der Waals surface area contributed by atoms with E-state index in [-0.39, 0.29) is 52.0 Å². The molecule has 2 heterocycles. The van der Waals surface area contributed by atoms with Crippen LogP contribution in [-0.2, 0) is 19.1 Å². The van der Waals surface area contributed by atoms with E-state index >= 15 is 0 Å². The normalized spacial score (nSPS) is 45.2. The van der Waals surface area contributed by atoms with Crippen LogP contribution < -0.4 is 17.0 Å². The molecule has 6 aliphatic rings. The maximum atomic E-state index is 12.5. The van der Waals surface area contributed by atoms with Gasteiger partial charge in [-0.3, -0.25) is 19.4 Å². The molecule has 4 saturated carbocycles. The summed E-state index contributed by atoms with van der Waals surface area (Å²) >= 11 is 0. The summed E-state index contributed by atoms with van der Waals surface area (Å²) < 4.78 is 14.6. The van der Waals surface area contributed by atoms with Crippen LogP contribution in [0.5, 0.6) is 0 Å². The van der Waals surface area contributed by atoms with E-state index in [4.69, 9.17) is 9.47 Å². The number of piperazine rings is 2. The molecule has 0 N–H and O–H groups in total. The maximum absolute atomic E-state index is 12.5. The SMILES string of the molecule is CC(=O)OC1CC2CCC3C(CCC4(C)C3CC(N3CC[N+](C)(C)CC3)C4OC(C)=O)C2(C)CC1N1CC[N+](C)(C)CC1.[Br-]. The lowest BCUT2D eigenvalue weighted by Crippen LogP contribution is -3.00. The Hall–Kier alpha value is -0.740. The van der Waals surface area contributed by atoms with Gasteiger partial charge in [0.15, 0.2) is 0 Å². The summed E-state index contributed by atoms with van der Waals surface area (Å²) in [5.74, 6) is 2.35. The predicted molar refractivity (Wildman–Crippen MR) is 168 cm³/mol. The van der Waals surface area contributed by atoms with Gasteiger partial charge in [0.05, 0.1) is 54.4 Å². The molecule has 6 rings (SSSR count). The lowest BCUT2D eigenvalue weighted by molar-refractivity contribution is -0.894. The second-order valence-corrected chi connectivity index (χ2v) is 17.5. The topological polar surface area (TPSA) is 59.1 Å². The van der Waals surface area contributed by atoms with Crippen LogP contribution in [0.4, 0.5) is 0 Å². The van der Waals surface area contributed by atoms with E-state index in [1.165, 1.54) is 25.7 Å². The van der Waals surface area contributed by atoms with Gasteiger partial charge < -0.3 is 35.4 Å². The molecule has 8 nitrogen and oxygen atoms in total. The van der Waals surface area contributed by atoms with Gasteiger partial charge in [0.2, 0.25) is 0 Å². The van der Waals surface area contributed by atoms with Gasteiger partial charge in [0.1, 0.15) is 12.2 Å². The molecule has 10 unspecified atom stereocenters. The van der Waals surface area contributed by atoms with E-state index in [0.717, 1.165) is 80.6 Å². The average molecular weight is 683 g/mol. The van der Waals surface area contributed by atoms with Gasteiger partial charge >= 0.3 is 11.9 Å². The zero-order valence-corrected chi connectivity index (χ0v) is 30.6. The summed E-state index contributed by atoms with van der Waals surface area (Å²) in [6.45, 7) is 17.3. The summed E-state index contributed by atoms with van der Waals surface area (Å²) in [5, 5.41) is 0. The van der Waals surface area contributed by atoms with Crippen molar-refractivity contribution in [3.8, 4) is 0 Å². The van der Waals surface area contributed by atoms with Crippen LogP contribution in [-0.4, -0.2) is 136 Å². The molecule has 0 aromatic heterocycles. The van der Waals surface area contributed by atoms with E-state index in [0.29, 0.717) is 35.8 Å². The van der Waals surface area contributed by atoms with Gasteiger partial charge in [0.25, 0.3) is 0 Å². The number of carbonyl (C=O) groups is 2. The molecule has 2 saturated heterocycles. The first-order valence-electron chi connectivity index (χ1n) is 17.6. The summed E-state index contributed by atoms with van der Waals surface area (Å²) in [5.41, 5.74) is 0.308. The Bertz CT molecular complexity index is 1070. The van der Waals surface area contributed by atoms with Gasteiger partial charge in [-0.25, -0.2) is 0 Å². The minimum absolute atomic E-state index is 0. The maximum Gasteiger partial charge on any atom is 0.302 e. The number of quaternary nitrogens is 2. The molecule has 0 aromatic carbocycles. The number of likely N-dealkylation sites (N-methyl/N-ethyl adjacent to an activating group) is 2. The van der Waals surface area contributed by atoms with Crippen LogP contribution >= 0.6 is 0 Å². The van der Waals surface area contributed by atoms with Crippen molar-refractivity contribution in [3.05, 3.63) is 0 Å². The molecule has 4 aliphatic carbocycles. The molecule has 0 spiro atoms. The van der Waals surface area contributed by atoms with Crippen molar-refractivity contribution < 1.29 is 45.0 Å². The number of nitrogens with zero attached hydrogens (tertiary/aromatic N) is 4. The lowest BCUT2D eigenvalue weighted by atomic mass is 9.44. The number of halogens is 1. The fourth-order valence-corrected chi connectivity index (χ4v) is 11.4. The van der Waals surface area contributed by atoms with Crippen molar-refractivity contribution in [3.63, 3.8) is 0 Å². The lowest BCUT2D eigenvalue weighted by Gasteiger charge is -2.62. The number of hydrogen-bond acceptors (Lipinski definition) is 6. The second-order valence-electron chi connectivity index (χ2n) is 17.5. The van der Waals surface area contributed by atoms with Crippen molar-refractivity contribution in [2.24, 2.45) is 34.5 Å². The molecule has 44 heavy (non-hydrogen) atoms.